The van der Waals surface area contributed by atoms with Gasteiger partial charge in [-0.1, -0.05) is 18.2 Å². The number of aromatic nitrogens is 3. The van der Waals surface area contributed by atoms with Gasteiger partial charge in [0.05, 0.1) is 79.7 Å². The number of amides is 6. The van der Waals surface area contributed by atoms with Crippen LogP contribution in [0.25, 0.3) is 22.5 Å². The molecule has 348 valence electrons. The van der Waals surface area contributed by atoms with Crippen molar-refractivity contribution in [3.8, 4) is 34.3 Å². The molecule has 5 aromatic rings. The summed E-state index contributed by atoms with van der Waals surface area (Å²) in [6.07, 6.45) is 4.75. The molecule has 2 fully saturated rings. The summed E-state index contributed by atoms with van der Waals surface area (Å²) in [5.41, 5.74) is 3.59. The Bertz CT molecular complexity index is 2830. The van der Waals surface area contributed by atoms with E-state index in [4.69, 9.17) is 14.2 Å². The second kappa shape index (κ2) is 21.0. The molecule has 3 aliphatic heterocycles. The molecule has 0 saturated carbocycles. The van der Waals surface area contributed by atoms with Crippen LogP contribution < -0.4 is 25.6 Å². The third-order valence-electron chi connectivity index (χ3n) is 11.6. The van der Waals surface area contributed by atoms with E-state index in [2.05, 4.69) is 37.0 Å². The van der Waals surface area contributed by atoms with Crippen molar-refractivity contribution in [3.05, 3.63) is 114 Å². The van der Waals surface area contributed by atoms with E-state index >= 15 is 0 Å². The summed E-state index contributed by atoms with van der Waals surface area (Å²) in [5, 5.41) is 18.1. The standard InChI is InChI=1S/C48H45FN10O9/c1-66-39-7-3-5-33(49)43(39)44-53-16-13-36(54-44)45(62)55-34-9-8-29(32-28-51-15-12-30(32)27-50)26-38(34)57-18-20-58(21-19-57)41(61)14-22-67-24-25-68-23-17-52-35-6-2-4-31-42(35)48(65)59(47(31)64)37-10-11-40(60)56-46(37)63/h2-9,12-13,15-16,26,28,37,52H,10-11,14,17-25H2,1H3,(H,55,62)(H,56,60,63). The number of anilines is 3. The van der Waals surface area contributed by atoms with Crippen LogP contribution in [0.4, 0.5) is 21.5 Å². The van der Waals surface area contributed by atoms with Crippen molar-refractivity contribution in [1.29, 1.82) is 5.26 Å². The van der Waals surface area contributed by atoms with Crippen molar-refractivity contribution in [1.82, 2.24) is 30.1 Å². The Morgan fingerprint density at radius 3 is 2.46 bits per heavy atom. The molecular weight excluding hydrogens is 880 g/mol. The van der Waals surface area contributed by atoms with Crippen LogP contribution in [0.5, 0.6) is 5.75 Å². The lowest BCUT2D eigenvalue weighted by atomic mass is 10.0. The Kier molecular flexibility index (Phi) is 14.3. The molecule has 20 heteroatoms. The number of rotatable bonds is 17. The van der Waals surface area contributed by atoms with Gasteiger partial charge in [-0.3, -0.25) is 44.0 Å². The minimum atomic E-state index is -1.06. The van der Waals surface area contributed by atoms with Gasteiger partial charge in [0.2, 0.25) is 17.7 Å². The molecule has 8 rings (SSSR count). The highest BCUT2D eigenvalue weighted by atomic mass is 19.1. The minimum absolute atomic E-state index is 0.0115. The van der Waals surface area contributed by atoms with E-state index in [0.29, 0.717) is 66.5 Å². The molecule has 0 spiro atoms. The third kappa shape index (κ3) is 9.98. The van der Waals surface area contributed by atoms with E-state index in [1.807, 2.05) is 11.0 Å². The molecule has 6 amide bonds. The quantitative estimate of drug-likeness (QED) is 0.0881. The number of pyridine rings is 1. The van der Waals surface area contributed by atoms with Crippen molar-refractivity contribution in [2.24, 2.45) is 0 Å². The van der Waals surface area contributed by atoms with E-state index < -0.39 is 41.4 Å². The number of nitrogens with one attached hydrogen (secondary N) is 3. The molecule has 0 radical (unpaired) electrons. The number of nitriles is 1. The summed E-state index contributed by atoms with van der Waals surface area (Å²) < 4.78 is 31.6. The number of hydrogen-bond donors (Lipinski definition) is 3. The van der Waals surface area contributed by atoms with Gasteiger partial charge in [0.25, 0.3) is 17.7 Å². The smallest absolute Gasteiger partial charge is 0.274 e. The fraction of sp³-hybridized carbons (Fsp3) is 0.292. The molecule has 0 bridgehead atoms. The highest BCUT2D eigenvalue weighted by Crippen LogP contribution is 2.36. The zero-order chi connectivity index (χ0) is 47.7. The van der Waals surface area contributed by atoms with Crippen LogP contribution in [0.3, 0.4) is 0 Å². The van der Waals surface area contributed by atoms with Crippen LogP contribution in [0.15, 0.2) is 85.3 Å². The Morgan fingerprint density at radius 2 is 1.68 bits per heavy atom. The van der Waals surface area contributed by atoms with Gasteiger partial charge in [-0.25, -0.2) is 14.4 Å². The lowest BCUT2D eigenvalue weighted by molar-refractivity contribution is -0.136. The lowest BCUT2D eigenvalue weighted by Gasteiger charge is -2.37. The van der Waals surface area contributed by atoms with Gasteiger partial charge in [-0.15, -0.1) is 0 Å². The molecule has 0 aliphatic carbocycles. The molecule has 3 aromatic carbocycles. The maximum atomic E-state index is 14.9. The molecule has 3 N–H and O–H groups in total. The minimum Gasteiger partial charge on any atom is -0.496 e. The molecule has 68 heavy (non-hydrogen) atoms. The second-order valence-corrected chi connectivity index (χ2v) is 15.7. The molecule has 5 heterocycles. The number of piperazine rings is 1. The van der Waals surface area contributed by atoms with E-state index in [0.717, 1.165) is 4.90 Å². The first-order chi connectivity index (χ1) is 33.1. The zero-order valence-corrected chi connectivity index (χ0v) is 36.8. The topological polar surface area (TPSA) is 238 Å². The summed E-state index contributed by atoms with van der Waals surface area (Å²) in [6.45, 7) is 2.85. The molecule has 3 aliphatic rings. The summed E-state index contributed by atoms with van der Waals surface area (Å²) in [7, 11) is 1.40. The van der Waals surface area contributed by atoms with E-state index in [1.54, 1.807) is 47.5 Å². The number of fused-ring (bicyclic) bond motifs is 1. The summed E-state index contributed by atoms with van der Waals surface area (Å²) in [5.74, 6) is -3.39. The van der Waals surface area contributed by atoms with Crippen LogP contribution in [0.2, 0.25) is 0 Å². The van der Waals surface area contributed by atoms with Crippen LogP contribution in [0, 0.1) is 17.1 Å². The average Bonchev–Trinajstić information content (AvgIpc) is 3.61. The van der Waals surface area contributed by atoms with E-state index in [9.17, 15) is 38.4 Å². The number of imide groups is 2. The number of piperidine rings is 1. The van der Waals surface area contributed by atoms with Crippen molar-refractivity contribution in [2.45, 2.75) is 25.3 Å². The largest absolute Gasteiger partial charge is 0.496 e. The first-order valence-electron chi connectivity index (χ1n) is 21.8. The Labute approximate surface area is 389 Å². The predicted molar refractivity (Wildman–Crippen MR) is 243 cm³/mol. The first-order valence-corrected chi connectivity index (χ1v) is 21.8. The number of ether oxygens (including phenoxy) is 3. The molecule has 2 saturated heterocycles. The van der Waals surface area contributed by atoms with Crippen molar-refractivity contribution >= 4 is 52.5 Å². The Morgan fingerprint density at radius 1 is 0.882 bits per heavy atom. The predicted octanol–water partition coefficient (Wildman–Crippen LogP) is 4.06. The Hall–Kier alpha value is -8.15. The van der Waals surface area contributed by atoms with Gasteiger partial charge in [-0.2, -0.15) is 5.26 Å². The van der Waals surface area contributed by atoms with Gasteiger partial charge >= 0.3 is 0 Å². The number of nitrogens with zero attached hydrogens (tertiary/aromatic N) is 7. The van der Waals surface area contributed by atoms with Gasteiger partial charge in [-0.05, 0) is 60.5 Å². The number of halogens is 1. The summed E-state index contributed by atoms with van der Waals surface area (Å²) in [4.78, 5) is 94.9. The van der Waals surface area contributed by atoms with Gasteiger partial charge in [0.15, 0.2) is 5.82 Å². The maximum absolute atomic E-state index is 14.9. The van der Waals surface area contributed by atoms with E-state index in [1.165, 1.54) is 43.8 Å². The third-order valence-corrected chi connectivity index (χ3v) is 11.6. The van der Waals surface area contributed by atoms with Crippen LogP contribution >= 0.6 is 0 Å². The average molecular weight is 925 g/mol. The summed E-state index contributed by atoms with van der Waals surface area (Å²) in [6, 6.07) is 18.7. The zero-order valence-electron chi connectivity index (χ0n) is 36.8. The second-order valence-electron chi connectivity index (χ2n) is 15.7. The first kappa shape index (κ1) is 46.4. The fourth-order valence-corrected chi connectivity index (χ4v) is 8.23. The highest BCUT2D eigenvalue weighted by molar-refractivity contribution is 6.25. The van der Waals surface area contributed by atoms with Crippen molar-refractivity contribution in [3.63, 3.8) is 0 Å². The number of methoxy groups -OCH3 is 1. The number of carbonyl (C=O) groups excluding carboxylic acids is 6. The molecule has 19 nitrogen and oxygen atoms in total. The number of carbonyl (C=O) groups is 6. The van der Waals surface area contributed by atoms with E-state index in [-0.39, 0.29) is 85.6 Å². The van der Waals surface area contributed by atoms with Gasteiger partial charge < -0.3 is 34.6 Å². The van der Waals surface area contributed by atoms with Gasteiger partial charge in [0.1, 0.15) is 23.3 Å². The number of benzene rings is 3. The molecule has 1 atom stereocenters. The SMILES string of the molecule is COc1cccc(F)c1-c1nccc(C(=O)Nc2ccc(-c3cnccc3C#N)cc2N2CCN(C(=O)CCOCCOCCNc3cccc4c3C(=O)N(C3CCC(=O)NC3=O)C4=O)CC2)n1. The molecule has 1 unspecified atom stereocenters. The van der Waals surface area contributed by atoms with Crippen molar-refractivity contribution < 1.29 is 47.4 Å². The Balaban J connectivity index is 0.815. The molecule has 2 aromatic heterocycles. The maximum Gasteiger partial charge on any atom is 0.274 e. The highest BCUT2D eigenvalue weighted by Gasteiger charge is 2.45. The van der Waals surface area contributed by atoms with Crippen LogP contribution in [0.1, 0.15) is 56.0 Å². The van der Waals surface area contributed by atoms with Crippen LogP contribution in [-0.4, -0.2) is 132 Å². The normalized spacial score (nSPS) is 15.7. The number of hydrogen-bond acceptors (Lipinski definition) is 15. The fourth-order valence-electron chi connectivity index (χ4n) is 8.23. The summed E-state index contributed by atoms with van der Waals surface area (Å²) >= 11 is 0. The molecular formula is C48H45FN10O9. The van der Waals surface area contributed by atoms with Crippen molar-refractivity contribution in [2.75, 3.05) is 81.8 Å². The van der Waals surface area contributed by atoms with Crippen LogP contribution in [-0.2, 0) is 23.9 Å². The van der Waals surface area contributed by atoms with Gasteiger partial charge in [0, 0.05) is 69.0 Å². The lowest BCUT2D eigenvalue weighted by Crippen LogP contribution is -2.54. The monoisotopic (exact) mass is 924 g/mol.